The topological polar surface area (TPSA) is 72.8 Å². The van der Waals surface area contributed by atoms with Crippen LogP contribution in [0.2, 0.25) is 0 Å². The molecule has 1 aromatic carbocycles. The second kappa shape index (κ2) is 9.29. The number of fused-ring (bicyclic) bond motifs is 1. The minimum absolute atomic E-state index is 0.238. The van der Waals surface area contributed by atoms with Crippen LogP contribution in [0.25, 0.3) is 0 Å². The van der Waals surface area contributed by atoms with Crippen molar-refractivity contribution in [1.82, 2.24) is 10.3 Å². The van der Waals surface area contributed by atoms with Crippen molar-refractivity contribution < 1.29 is 14.3 Å². The molecular weight excluding hydrogens is 366 g/mol. The minimum atomic E-state index is 0.238. The van der Waals surface area contributed by atoms with Crippen molar-refractivity contribution in [3.63, 3.8) is 0 Å². The summed E-state index contributed by atoms with van der Waals surface area (Å²) in [4.78, 5) is 21.7. The number of nitrogens with zero attached hydrogens (tertiary/aromatic N) is 2. The lowest BCUT2D eigenvalue weighted by atomic mass is 9.85. The van der Waals surface area contributed by atoms with Gasteiger partial charge in [-0.05, 0) is 29.7 Å². The molecule has 0 unspecified atom stereocenters. The Bertz CT molecular complexity index is 882. The molecule has 6 heteroatoms. The third-order valence-electron chi connectivity index (χ3n) is 5.63. The fourth-order valence-corrected chi connectivity index (χ4v) is 4.16. The number of methoxy groups -OCH3 is 1. The van der Waals surface area contributed by atoms with Crippen molar-refractivity contribution in [2.45, 2.75) is 25.3 Å². The van der Waals surface area contributed by atoms with Gasteiger partial charge in [-0.1, -0.05) is 30.3 Å². The van der Waals surface area contributed by atoms with E-state index in [4.69, 9.17) is 9.47 Å². The number of nitrogens with one attached hydrogen (secondary N) is 1. The number of carbonyl (C=O) groups excluding carboxylic acids is 1. The van der Waals surface area contributed by atoms with Crippen molar-refractivity contribution in [3.8, 4) is 0 Å². The summed E-state index contributed by atoms with van der Waals surface area (Å²) >= 11 is 0. The molecule has 4 rings (SSSR count). The Labute approximate surface area is 171 Å². The van der Waals surface area contributed by atoms with Crippen LogP contribution >= 0.6 is 0 Å². The predicted molar refractivity (Wildman–Crippen MR) is 111 cm³/mol. The van der Waals surface area contributed by atoms with E-state index in [0.717, 1.165) is 29.9 Å². The lowest BCUT2D eigenvalue weighted by Gasteiger charge is -2.18. The summed E-state index contributed by atoms with van der Waals surface area (Å²) < 4.78 is 10.6. The molecule has 3 heterocycles. The van der Waals surface area contributed by atoms with E-state index >= 15 is 0 Å². The van der Waals surface area contributed by atoms with Crippen LogP contribution in [0.15, 0.2) is 47.6 Å². The molecule has 2 aliphatic heterocycles. The second-order valence-corrected chi connectivity index (χ2v) is 7.65. The van der Waals surface area contributed by atoms with E-state index in [9.17, 15) is 4.79 Å². The number of hydrogen-bond donors (Lipinski definition) is 1. The molecule has 152 valence electrons. The molecule has 0 bridgehead atoms. The number of carbonyl (C=O) groups is 1. The maximum Gasteiger partial charge on any atom is 0.218 e. The van der Waals surface area contributed by atoms with E-state index in [-0.39, 0.29) is 5.78 Å². The number of hydrogen-bond acceptors (Lipinski definition) is 6. The highest BCUT2D eigenvalue weighted by Crippen LogP contribution is 2.31. The highest BCUT2D eigenvalue weighted by Gasteiger charge is 2.30. The third kappa shape index (κ3) is 4.71. The number of aliphatic imine (C=N–C) groups is 1. The lowest BCUT2D eigenvalue weighted by molar-refractivity contribution is -0.119. The Morgan fingerprint density at radius 2 is 2.07 bits per heavy atom. The van der Waals surface area contributed by atoms with Gasteiger partial charge in [0.1, 0.15) is 12.4 Å². The van der Waals surface area contributed by atoms with E-state index in [2.05, 4.69) is 39.6 Å². The van der Waals surface area contributed by atoms with Gasteiger partial charge in [0.15, 0.2) is 0 Å². The van der Waals surface area contributed by atoms with Crippen LogP contribution < -0.4 is 5.32 Å². The van der Waals surface area contributed by atoms with Gasteiger partial charge in [0.25, 0.3) is 0 Å². The number of benzene rings is 1. The Kier molecular flexibility index (Phi) is 6.32. The SMILES string of the molecule is COCCOC1=NCc2cc(CC(=O)C[C@@H]3CNC[C@H]3c3ccccc3)ncc21. The van der Waals surface area contributed by atoms with Gasteiger partial charge >= 0.3 is 0 Å². The Morgan fingerprint density at radius 1 is 1.21 bits per heavy atom. The average molecular weight is 393 g/mol. The summed E-state index contributed by atoms with van der Waals surface area (Å²) in [6, 6.07) is 12.5. The van der Waals surface area contributed by atoms with Gasteiger partial charge in [0.2, 0.25) is 5.90 Å². The molecule has 1 aromatic heterocycles. The smallest absolute Gasteiger partial charge is 0.218 e. The Hall–Kier alpha value is -2.57. The maximum absolute atomic E-state index is 12.7. The van der Waals surface area contributed by atoms with Gasteiger partial charge in [-0.25, -0.2) is 4.99 Å². The summed E-state index contributed by atoms with van der Waals surface area (Å²) in [5, 5.41) is 3.44. The molecule has 1 N–H and O–H groups in total. The Morgan fingerprint density at radius 3 is 2.90 bits per heavy atom. The lowest BCUT2D eigenvalue weighted by Crippen LogP contribution is -2.17. The molecule has 0 aliphatic carbocycles. The first-order valence-corrected chi connectivity index (χ1v) is 10.2. The molecular formula is C23H27N3O3. The normalized spacial score (nSPS) is 20.4. The molecule has 0 saturated carbocycles. The molecule has 6 nitrogen and oxygen atoms in total. The quantitative estimate of drug-likeness (QED) is 0.698. The summed E-state index contributed by atoms with van der Waals surface area (Å²) in [7, 11) is 1.64. The van der Waals surface area contributed by atoms with E-state index in [1.807, 2.05) is 12.1 Å². The number of rotatable bonds is 8. The van der Waals surface area contributed by atoms with Crippen molar-refractivity contribution in [3.05, 3.63) is 65.0 Å². The van der Waals surface area contributed by atoms with Crippen molar-refractivity contribution in [1.29, 1.82) is 0 Å². The fraction of sp³-hybridized carbons (Fsp3) is 0.435. The summed E-state index contributed by atoms with van der Waals surface area (Å²) in [5.41, 5.74) is 4.11. The molecule has 2 aromatic rings. The first kappa shape index (κ1) is 19.7. The molecule has 0 amide bonds. The van der Waals surface area contributed by atoms with E-state index in [1.165, 1.54) is 5.56 Å². The van der Waals surface area contributed by atoms with Gasteiger partial charge in [0.05, 0.1) is 18.7 Å². The van der Waals surface area contributed by atoms with E-state index in [1.54, 1.807) is 13.3 Å². The summed E-state index contributed by atoms with van der Waals surface area (Å²) in [5.74, 6) is 1.59. The number of pyridine rings is 1. The predicted octanol–water partition coefficient (Wildman–Crippen LogP) is 2.51. The zero-order valence-electron chi connectivity index (χ0n) is 16.8. The first-order valence-electron chi connectivity index (χ1n) is 10.2. The van der Waals surface area contributed by atoms with E-state index < -0.39 is 0 Å². The molecule has 0 radical (unpaired) electrons. The molecule has 2 aliphatic rings. The van der Waals surface area contributed by atoms with Gasteiger partial charge < -0.3 is 14.8 Å². The van der Waals surface area contributed by atoms with Crippen LogP contribution in [0.4, 0.5) is 0 Å². The van der Waals surface area contributed by atoms with Crippen LogP contribution in [-0.4, -0.2) is 50.1 Å². The van der Waals surface area contributed by atoms with Crippen LogP contribution in [0.5, 0.6) is 0 Å². The average Bonchev–Trinajstić information content (AvgIpc) is 3.35. The van der Waals surface area contributed by atoms with Crippen molar-refractivity contribution in [2.24, 2.45) is 10.9 Å². The number of ether oxygens (including phenoxy) is 2. The number of Topliss-reactive ketones (excluding diaryl/α,β-unsaturated/α-hetero) is 1. The van der Waals surface area contributed by atoms with Crippen LogP contribution in [0, 0.1) is 5.92 Å². The molecule has 0 spiro atoms. The first-order chi connectivity index (χ1) is 14.2. The van der Waals surface area contributed by atoms with E-state index in [0.29, 0.717) is 50.3 Å². The van der Waals surface area contributed by atoms with Gasteiger partial charge in [-0.2, -0.15) is 0 Å². The minimum Gasteiger partial charge on any atom is -0.475 e. The van der Waals surface area contributed by atoms with Crippen LogP contribution in [0.1, 0.15) is 34.7 Å². The zero-order valence-corrected chi connectivity index (χ0v) is 16.8. The number of ketones is 1. The summed E-state index contributed by atoms with van der Waals surface area (Å²) in [6.07, 6.45) is 2.72. The second-order valence-electron chi connectivity index (χ2n) is 7.65. The highest BCUT2D eigenvalue weighted by molar-refractivity contribution is 5.97. The van der Waals surface area contributed by atoms with Crippen molar-refractivity contribution >= 4 is 11.7 Å². The molecule has 29 heavy (non-hydrogen) atoms. The van der Waals surface area contributed by atoms with Crippen molar-refractivity contribution in [2.75, 3.05) is 33.4 Å². The third-order valence-corrected chi connectivity index (χ3v) is 5.63. The van der Waals surface area contributed by atoms with Crippen LogP contribution in [0.3, 0.4) is 0 Å². The standard InChI is InChI=1S/C23H27N3O3/c1-28-7-8-29-23-22-15-25-19(9-17(22)13-26-23)11-20(27)10-18-12-24-14-21(18)16-5-3-2-4-6-16/h2-6,9,15,18,21,24H,7-8,10-14H2,1H3/t18-,21+/m1/s1. The van der Waals surface area contributed by atoms with Gasteiger partial charge in [-0.3, -0.25) is 9.78 Å². The fourth-order valence-electron chi connectivity index (χ4n) is 4.16. The molecule has 1 saturated heterocycles. The van der Waals surface area contributed by atoms with Gasteiger partial charge in [-0.15, -0.1) is 0 Å². The Balaban J connectivity index is 1.35. The highest BCUT2D eigenvalue weighted by atomic mass is 16.5. The zero-order chi connectivity index (χ0) is 20.1. The summed E-state index contributed by atoms with van der Waals surface area (Å²) in [6.45, 7) is 3.38. The monoisotopic (exact) mass is 393 g/mol. The molecule has 1 fully saturated rings. The van der Waals surface area contributed by atoms with Gasteiger partial charge in [0, 0.05) is 44.3 Å². The number of aromatic nitrogens is 1. The van der Waals surface area contributed by atoms with Crippen LogP contribution in [-0.2, 0) is 27.2 Å². The molecule has 2 atom stereocenters. The maximum atomic E-state index is 12.7. The largest absolute Gasteiger partial charge is 0.475 e.